The van der Waals surface area contributed by atoms with Gasteiger partial charge in [-0.3, -0.25) is 4.79 Å². The minimum absolute atomic E-state index is 0.214. The largest absolute Gasteiger partial charge is 0.488 e. The summed E-state index contributed by atoms with van der Waals surface area (Å²) in [7, 11) is 0.0922. The summed E-state index contributed by atoms with van der Waals surface area (Å²) in [5.74, 6) is -0.515. The summed E-state index contributed by atoms with van der Waals surface area (Å²) in [5, 5.41) is 2.70. The lowest BCUT2D eigenvalue weighted by atomic mass is 10.1. The molecule has 36 heavy (non-hydrogen) atoms. The lowest BCUT2D eigenvalue weighted by molar-refractivity contribution is -0.139. The van der Waals surface area contributed by atoms with Crippen LogP contribution >= 0.6 is 22.9 Å². The van der Waals surface area contributed by atoms with E-state index in [0.29, 0.717) is 32.8 Å². The number of thiophene rings is 1. The topological polar surface area (TPSA) is 70.7 Å². The van der Waals surface area contributed by atoms with E-state index in [1.807, 2.05) is 11.9 Å². The Kier molecular flexibility index (Phi) is 7.93. The van der Waals surface area contributed by atoms with Gasteiger partial charge in [-0.1, -0.05) is 23.7 Å². The van der Waals surface area contributed by atoms with Crippen molar-refractivity contribution in [3.8, 4) is 16.9 Å². The quantitative estimate of drug-likeness (QED) is 0.359. The Bertz CT molecular complexity index is 1300. The summed E-state index contributed by atoms with van der Waals surface area (Å²) in [6.45, 7) is 2.67. The molecule has 6 nitrogen and oxygen atoms in total. The molecule has 0 bridgehead atoms. The number of anilines is 2. The number of likely N-dealkylation sites (N-methyl/N-ethyl adjacent to an activating group) is 1. The molecule has 1 aromatic heterocycles. The second-order valence-corrected chi connectivity index (χ2v) is 11.5. The number of ether oxygens (including phenoxy) is 1. The van der Waals surface area contributed by atoms with Gasteiger partial charge in [0.25, 0.3) is 0 Å². The molecular weight excluding hydrogens is 535 g/mol. The minimum Gasteiger partial charge on any atom is -0.488 e. The SMILES string of the molecule is CC(=O)Nc1cccc(-c2cc(S(=O)Nc3ccc(C(F)(F)F)c(O[C@@H]4CCN(C)C4)c3)sc2Cl)c1. The average molecular weight is 558 g/mol. The number of rotatable bonds is 7. The zero-order valence-corrected chi connectivity index (χ0v) is 21.7. The predicted molar refractivity (Wildman–Crippen MR) is 137 cm³/mol. The number of nitrogens with one attached hydrogen (secondary N) is 2. The van der Waals surface area contributed by atoms with E-state index in [1.165, 1.54) is 19.1 Å². The number of halogens is 4. The molecule has 0 spiro atoms. The average Bonchev–Trinajstić information content (AvgIpc) is 3.38. The van der Waals surface area contributed by atoms with Gasteiger partial charge in [0.15, 0.2) is 11.0 Å². The number of carbonyl (C=O) groups excluding carboxylic acids is 1. The molecule has 1 fully saturated rings. The van der Waals surface area contributed by atoms with Crippen molar-refractivity contribution in [1.29, 1.82) is 0 Å². The number of benzene rings is 2. The van der Waals surface area contributed by atoms with Crippen LogP contribution in [0.25, 0.3) is 11.1 Å². The van der Waals surface area contributed by atoms with Gasteiger partial charge in [0, 0.05) is 37.3 Å². The van der Waals surface area contributed by atoms with E-state index in [-0.39, 0.29) is 23.4 Å². The zero-order valence-electron chi connectivity index (χ0n) is 19.3. The van der Waals surface area contributed by atoms with Gasteiger partial charge in [0.05, 0.1) is 11.3 Å². The number of hydrogen-bond donors (Lipinski definition) is 2. The van der Waals surface area contributed by atoms with Crippen LogP contribution in [0.3, 0.4) is 0 Å². The highest BCUT2D eigenvalue weighted by Crippen LogP contribution is 2.40. The Balaban J connectivity index is 1.55. The first kappa shape index (κ1) is 26.5. The number of alkyl halides is 3. The molecule has 0 aliphatic carbocycles. The van der Waals surface area contributed by atoms with Crippen LogP contribution in [-0.2, 0) is 22.0 Å². The van der Waals surface area contributed by atoms with E-state index < -0.39 is 22.7 Å². The van der Waals surface area contributed by atoms with Crippen molar-refractivity contribution in [2.75, 3.05) is 30.2 Å². The standard InChI is InChI=1S/C24H23ClF3N3O3S2/c1-14(32)29-16-5-3-4-15(10-16)19-12-22(35-23(19)25)36(33)30-17-6-7-20(24(26,27)28)21(11-17)34-18-8-9-31(2)13-18/h3-7,10-12,18,30H,8-9,13H2,1-2H3,(H,29,32)/t18-,36?/m1/s1. The Labute approximate surface area is 218 Å². The second-order valence-electron chi connectivity index (χ2n) is 8.39. The number of nitrogens with zero attached hydrogens (tertiary/aromatic N) is 1. The normalized spacial score (nSPS) is 17.1. The fourth-order valence-corrected chi connectivity index (χ4v) is 6.38. The Morgan fingerprint density at radius 2 is 1.97 bits per heavy atom. The summed E-state index contributed by atoms with van der Waals surface area (Å²) in [6.07, 6.45) is -4.32. The fraction of sp³-hybridized carbons (Fsp3) is 0.292. The Morgan fingerprint density at radius 3 is 2.64 bits per heavy atom. The summed E-state index contributed by atoms with van der Waals surface area (Å²) < 4.78 is 62.9. The van der Waals surface area contributed by atoms with Crippen LogP contribution in [0.1, 0.15) is 18.9 Å². The third kappa shape index (κ3) is 6.39. The van der Waals surface area contributed by atoms with Crippen molar-refractivity contribution in [3.05, 3.63) is 58.4 Å². The summed E-state index contributed by atoms with van der Waals surface area (Å²) >= 11 is 7.50. The van der Waals surface area contributed by atoms with Crippen LogP contribution < -0.4 is 14.8 Å². The van der Waals surface area contributed by atoms with Crippen molar-refractivity contribution >= 4 is 51.2 Å². The first-order chi connectivity index (χ1) is 17.0. The van der Waals surface area contributed by atoms with E-state index >= 15 is 0 Å². The minimum atomic E-state index is -4.58. The van der Waals surface area contributed by atoms with Gasteiger partial charge in [-0.2, -0.15) is 13.2 Å². The van der Waals surface area contributed by atoms with Gasteiger partial charge in [0.2, 0.25) is 5.91 Å². The highest BCUT2D eigenvalue weighted by molar-refractivity contribution is 7.88. The monoisotopic (exact) mass is 557 g/mol. The first-order valence-electron chi connectivity index (χ1n) is 10.9. The van der Waals surface area contributed by atoms with E-state index in [0.717, 1.165) is 29.5 Å². The highest BCUT2D eigenvalue weighted by atomic mass is 35.5. The summed E-state index contributed by atoms with van der Waals surface area (Å²) in [5.41, 5.74) is 1.28. The van der Waals surface area contributed by atoms with Gasteiger partial charge >= 0.3 is 6.18 Å². The molecule has 2 atom stereocenters. The Morgan fingerprint density at radius 1 is 1.19 bits per heavy atom. The zero-order chi connectivity index (χ0) is 26.0. The molecule has 1 aliphatic heterocycles. The molecule has 1 saturated heterocycles. The number of likely N-dealkylation sites (tertiary alicyclic amines) is 1. The van der Waals surface area contributed by atoms with Gasteiger partial charge in [-0.25, -0.2) is 4.21 Å². The second kappa shape index (κ2) is 10.8. The molecular formula is C24H23ClF3N3O3S2. The van der Waals surface area contributed by atoms with Gasteiger partial charge in [-0.15, -0.1) is 11.3 Å². The lowest BCUT2D eigenvalue weighted by Crippen LogP contribution is -2.23. The molecule has 1 amide bonds. The maximum absolute atomic E-state index is 13.6. The molecule has 0 radical (unpaired) electrons. The molecule has 192 valence electrons. The lowest BCUT2D eigenvalue weighted by Gasteiger charge is -2.19. The van der Waals surface area contributed by atoms with E-state index in [1.54, 1.807) is 30.3 Å². The van der Waals surface area contributed by atoms with Crippen LogP contribution in [0.15, 0.2) is 52.7 Å². The van der Waals surface area contributed by atoms with Crippen LogP contribution in [-0.4, -0.2) is 41.3 Å². The molecule has 0 saturated carbocycles. The molecule has 2 N–H and O–H groups in total. The maximum atomic E-state index is 13.6. The molecule has 4 rings (SSSR count). The molecule has 1 unspecified atom stereocenters. The number of amides is 1. The first-order valence-corrected chi connectivity index (χ1v) is 13.3. The smallest absolute Gasteiger partial charge is 0.419 e. The van der Waals surface area contributed by atoms with Crippen molar-refractivity contribution in [1.82, 2.24) is 4.90 Å². The fourth-order valence-electron chi connectivity index (χ4n) is 3.85. The van der Waals surface area contributed by atoms with Crippen molar-refractivity contribution in [2.45, 2.75) is 29.8 Å². The Hall–Kier alpha value is -2.60. The predicted octanol–water partition coefficient (Wildman–Crippen LogP) is 6.26. The third-order valence-electron chi connectivity index (χ3n) is 5.48. The van der Waals surface area contributed by atoms with Crippen molar-refractivity contribution in [2.24, 2.45) is 0 Å². The van der Waals surface area contributed by atoms with Crippen LogP contribution in [0.5, 0.6) is 5.75 Å². The van der Waals surface area contributed by atoms with E-state index in [9.17, 15) is 22.2 Å². The van der Waals surface area contributed by atoms with E-state index in [2.05, 4.69) is 10.0 Å². The molecule has 3 aromatic rings. The highest BCUT2D eigenvalue weighted by Gasteiger charge is 2.36. The van der Waals surface area contributed by atoms with Crippen molar-refractivity contribution in [3.63, 3.8) is 0 Å². The van der Waals surface area contributed by atoms with Gasteiger partial charge in [0.1, 0.15) is 20.4 Å². The van der Waals surface area contributed by atoms with Gasteiger partial charge in [-0.05, 0) is 49.4 Å². The van der Waals surface area contributed by atoms with Crippen molar-refractivity contribution < 1.29 is 26.9 Å². The molecule has 2 aromatic carbocycles. The van der Waals surface area contributed by atoms with Gasteiger partial charge < -0.3 is 19.7 Å². The molecule has 2 heterocycles. The van der Waals surface area contributed by atoms with E-state index in [4.69, 9.17) is 16.3 Å². The molecule has 1 aliphatic rings. The number of hydrogen-bond acceptors (Lipinski definition) is 5. The summed E-state index contributed by atoms with van der Waals surface area (Å²) in [4.78, 5) is 13.3. The van der Waals surface area contributed by atoms with Crippen LogP contribution in [0, 0.1) is 0 Å². The van der Waals surface area contributed by atoms with Crippen LogP contribution in [0.4, 0.5) is 24.5 Å². The third-order valence-corrected chi connectivity index (χ3v) is 8.24. The van der Waals surface area contributed by atoms with Crippen LogP contribution in [0.2, 0.25) is 4.34 Å². The summed E-state index contributed by atoms with van der Waals surface area (Å²) in [6, 6.07) is 12.1. The maximum Gasteiger partial charge on any atom is 0.419 e. The molecule has 12 heteroatoms. The number of carbonyl (C=O) groups is 1.